The Morgan fingerprint density at radius 2 is 1.86 bits per heavy atom. The van der Waals surface area contributed by atoms with Crippen molar-refractivity contribution in [3.05, 3.63) is 42.7 Å². The number of alkyl halides is 3. The Kier molecular flexibility index (Phi) is 3.28. The first-order valence-electron chi connectivity index (χ1n) is 6.12. The number of hydrogen-bond donors (Lipinski definition) is 1. The van der Waals surface area contributed by atoms with E-state index in [0.717, 1.165) is 0 Å². The van der Waals surface area contributed by atoms with Crippen LogP contribution < -0.4 is 5.32 Å². The van der Waals surface area contributed by atoms with Gasteiger partial charge in [-0.3, -0.25) is 9.78 Å². The molecule has 5 nitrogen and oxygen atoms in total. The number of halogens is 3. The molecular weight excluding hydrogens is 299 g/mol. The lowest BCUT2D eigenvalue weighted by atomic mass is 10.2. The number of pyridine rings is 1. The van der Waals surface area contributed by atoms with Gasteiger partial charge in [0.15, 0.2) is 5.58 Å². The molecule has 0 bridgehead atoms. The molecule has 0 aliphatic carbocycles. The lowest BCUT2D eigenvalue weighted by Gasteiger charge is -2.07. The van der Waals surface area contributed by atoms with Crippen LogP contribution in [0.1, 0.15) is 0 Å². The van der Waals surface area contributed by atoms with E-state index in [1.165, 1.54) is 18.2 Å². The van der Waals surface area contributed by atoms with Gasteiger partial charge in [-0.05, 0) is 30.3 Å². The lowest BCUT2D eigenvalue weighted by molar-refractivity contribution is -0.167. The normalized spacial score (nSPS) is 11.6. The molecule has 0 atom stereocenters. The Morgan fingerprint density at radius 3 is 2.55 bits per heavy atom. The van der Waals surface area contributed by atoms with E-state index < -0.39 is 12.1 Å². The molecule has 8 heteroatoms. The molecule has 22 heavy (non-hydrogen) atoms. The number of fused-ring (bicyclic) bond motifs is 1. The van der Waals surface area contributed by atoms with Crippen LogP contribution in [0.2, 0.25) is 0 Å². The molecule has 112 valence electrons. The molecule has 0 saturated carbocycles. The molecule has 0 aliphatic heterocycles. The fourth-order valence-corrected chi connectivity index (χ4v) is 1.83. The van der Waals surface area contributed by atoms with E-state index in [1.807, 2.05) is 0 Å². The molecule has 3 aromatic rings. The maximum atomic E-state index is 12.2. The van der Waals surface area contributed by atoms with Crippen molar-refractivity contribution in [1.29, 1.82) is 0 Å². The average molecular weight is 307 g/mol. The molecular formula is C14H8F3N3O2. The van der Waals surface area contributed by atoms with Gasteiger partial charge in [0.05, 0.1) is 0 Å². The quantitative estimate of drug-likeness (QED) is 0.788. The van der Waals surface area contributed by atoms with Crippen LogP contribution in [0.3, 0.4) is 0 Å². The second kappa shape index (κ2) is 5.14. The predicted molar refractivity (Wildman–Crippen MR) is 71.9 cm³/mol. The van der Waals surface area contributed by atoms with Gasteiger partial charge in [0.2, 0.25) is 5.89 Å². The average Bonchev–Trinajstić information content (AvgIpc) is 2.90. The number of nitrogens with one attached hydrogen (secondary N) is 1. The number of anilines is 1. The summed E-state index contributed by atoms with van der Waals surface area (Å²) in [4.78, 5) is 19.0. The third kappa shape index (κ3) is 2.76. The summed E-state index contributed by atoms with van der Waals surface area (Å²) >= 11 is 0. The predicted octanol–water partition coefficient (Wildman–Crippen LogP) is 3.39. The zero-order valence-electron chi connectivity index (χ0n) is 10.9. The number of oxazole rings is 1. The first kappa shape index (κ1) is 14.1. The van der Waals surface area contributed by atoms with Gasteiger partial charge >= 0.3 is 12.1 Å². The summed E-state index contributed by atoms with van der Waals surface area (Å²) in [5.74, 6) is -1.72. The van der Waals surface area contributed by atoms with Gasteiger partial charge in [0.25, 0.3) is 0 Å². The largest absolute Gasteiger partial charge is 0.471 e. The van der Waals surface area contributed by atoms with Crippen molar-refractivity contribution in [3.8, 4) is 11.5 Å². The molecule has 2 aromatic heterocycles. The van der Waals surface area contributed by atoms with Crippen molar-refractivity contribution in [2.24, 2.45) is 0 Å². The highest BCUT2D eigenvalue weighted by molar-refractivity contribution is 5.96. The molecule has 1 aromatic carbocycles. The first-order valence-corrected chi connectivity index (χ1v) is 6.12. The first-order chi connectivity index (χ1) is 10.4. The highest BCUT2D eigenvalue weighted by Gasteiger charge is 2.38. The third-order valence-electron chi connectivity index (χ3n) is 2.83. The summed E-state index contributed by atoms with van der Waals surface area (Å²) in [5, 5.41) is 1.77. The second-order valence-corrected chi connectivity index (χ2v) is 4.39. The number of carbonyl (C=O) groups excluding carboxylic acids is 1. The monoisotopic (exact) mass is 307 g/mol. The Balaban J connectivity index is 1.92. The fraction of sp³-hybridized carbons (Fsp3) is 0.0714. The summed E-state index contributed by atoms with van der Waals surface area (Å²) in [6, 6.07) is 7.45. The number of rotatable bonds is 2. The van der Waals surface area contributed by atoms with Crippen LogP contribution >= 0.6 is 0 Å². The van der Waals surface area contributed by atoms with Gasteiger partial charge in [-0.1, -0.05) is 0 Å². The number of benzene rings is 1. The Bertz CT molecular complexity index is 828. The summed E-state index contributed by atoms with van der Waals surface area (Å²) in [6.45, 7) is 0. The van der Waals surface area contributed by atoms with E-state index in [2.05, 4.69) is 9.97 Å². The molecule has 0 spiro atoms. The fourth-order valence-electron chi connectivity index (χ4n) is 1.83. The van der Waals surface area contributed by atoms with Crippen molar-refractivity contribution < 1.29 is 22.4 Å². The van der Waals surface area contributed by atoms with E-state index in [4.69, 9.17) is 4.42 Å². The molecule has 0 fully saturated rings. The molecule has 3 rings (SSSR count). The molecule has 1 amide bonds. The van der Waals surface area contributed by atoms with Gasteiger partial charge in [-0.15, -0.1) is 0 Å². The Hall–Kier alpha value is -2.90. The summed E-state index contributed by atoms with van der Waals surface area (Å²) in [5.41, 5.74) is 1.42. The Labute approximate surface area is 121 Å². The Morgan fingerprint density at radius 1 is 1.14 bits per heavy atom. The van der Waals surface area contributed by atoms with Crippen molar-refractivity contribution in [1.82, 2.24) is 9.97 Å². The van der Waals surface area contributed by atoms with Crippen LogP contribution in [-0.2, 0) is 4.79 Å². The highest BCUT2D eigenvalue weighted by atomic mass is 19.4. The number of nitrogens with zero attached hydrogens (tertiary/aromatic N) is 2. The molecule has 0 unspecified atom stereocenters. The van der Waals surface area contributed by atoms with Crippen LogP contribution in [0.25, 0.3) is 22.6 Å². The van der Waals surface area contributed by atoms with Gasteiger partial charge in [-0.2, -0.15) is 13.2 Å². The number of hydrogen-bond acceptors (Lipinski definition) is 4. The van der Waals surface area contributed by atoms with E-state index >= 15 is 0 Å². The molecule has 0 radical (unpaired) electrons. The minimum atomic E-state index is -4.94. The van der Waals surface area contributed by atoms with Crippen molar-refractivity contribution in [3.63, 3.8) is 0 Å². The van der Waals surface area contributed by atoms with Gasteiger partial charge < -0.3 is 9.73 Å². The van der Waals surface area contributed by atoms with E-state index in [9.17, 15) is 18.0 Å². The summed E-state index contributed by atoms with van der Waals surface area (Å²) in [6.07, 6.45) is -1.81. The zero-order valence-corrected chi connectivity index (χ0v) is 10.9. The maximum Gasteiger partial charge on any atom is 0.471 e. The number of carbonyl (C=O) groups is 1. The minimum absolute atomic E-state index is 0.00981. The van der Waals surface area contributed by atoms with Crippen LogP contribution in [0.4, 0.5) is 18.9 Å². The number of aromatic nitrogens is 2. The lowest BCUT2D eigenvalue weighted by Crippen LogP contribution is -2.29. The topological polar surface area (TPSA) is 68.0 Å². The van der Waals surface area contributed by atoms with E-state index in [0.29, 0.717) is 22.6 Å². The highest BCUT2D eigenvalue weighted by Crippen LogP contribution is 2.26. The van der Waals surface area contributed by atoms with Crippen LogP contribution in [0.5, 0.6) is 0 Å². The van der Waals surface area contributed by atoms with E-state index in [1.54, 1.807) is 29.8 Å². The standard InChI is InChI=1S/C14H8F3N3O2/c15-14(16,17)13(21)19-9-1-2-11-10(7-9)20-12(22-11)8-3-5-18-6-4-8/h1-7H,(H,19,21). The molecule has 2 heterocycles. The van der Waals surface area contributed by atoms with Crippen molar-refractivity contribution in [2.75, 3.05) is 5.32 Å². The summed E-state index contributed by atoms with van der Waals surface area (Å²) in [7, 11) is 0. The van der Waals surface area contributed by atoms with Crippen LogP contribution in [0.15, 0.2) is 47.1 Å². The smallest absolute Gasteiger partial charge is 0.436 e. The minimum Gasteiger partial charge on any atom is -0.436 e. The molecule has 0 saturated heterocycles. The molecule has 0 aliphatic rings. The van der Waals surface area contributed by atoms with Gasteiger partial charge in [-0.25, -0.2) is 4.98 Å². The SMILES string of the molecule is O=C(Nc1ccc2oc(-c3ccncc3)nc2c1)C(F)(F)F. The second-order valence-electron chi connectivity index (χ2n) is 4.39. The maximum absolute atomic E-state index is 12.2. The molecule has 1 N–H and O–H groups in total. The van der Waals surface area contributed by atoms with Gasteiger partial charge in [0, 0.05) is 23.6 Å². The van der Waals surface area contributed by atoms with Crippen LogP contribution in [0, 0.1) is 0 Å². The number of amides is 1. The third-order valence-corrected chi connectivity index (χ3v) is 2.83. The van der Waals surface area contributed by atoms with Crippen LogP contribution in [-0.4, -0.2) is 22.1 Å². The van der Waals surface area contributed by atoms with Gasteiger partial charge in [0.1, 0.15) is 5.52 Å². The van der Waals surface area contributed by atoms with E-state index in [-0.39, 0.29) is 5.69 Å². The zero-order chi connectivity index (χ0) is 15.7. The van der Waals surface area contributed by atoms with Crippen molar-refractivity contribution >= 4 is 22.7 Å². The van der Waals surface area contributed by atoms with Crippen molar-refractivity contribution in [2.45, 2.75) is 6.18 Å². The summed E-state index contributed by atoms with van der Waals surface area (Å²) < 4.78 is 42.2.